The van der Waals surface area contributed by atoms with E-state index in [4.69, 9.17) is 0 Å². The molecule has 0 saturated carbocycles. The number of unbranched alkanes of at least 4 members (excludes halogenated alkanes) is 1. The van der Waals surface area contributed by atoms with E-state index >= 15 is 0 Å². The summed E-state index contributed by atoms with van der Waals surface area (Å²) in [6.07, 6.45) is 5.12. The minimum atomic E-state index is 0.525. The minimum absolute atomic E-state index is 0.525. The maximum atomic E-state index is 2.44. The predicted octanol–water partition coefficient (Wildman–Crippen LogP) is 5.72. The van der Waals surface area contributed by atoms with Crippen molar-refractivity contribution in [1.82, 2.24) is 4.90 Å². The van der Waals surface area contributed by atoms with Crippen molar-refractivity contribution in [3.63, 3.8) is 0 Å². The van der Waals surface area contributed by atoms with Crippen LogP contribution < -0.4 is 0 Å². The fourth-order valence-electron chi connectivity index (χ4n) is 3.22. The van der Waals surface area contributed by atoms with Crippen molar-refractivity contribution in [2.45, 2.75) is 51.5 Å². The topological polar surface area (TPSA) is 3.24 Å². The zero-order valence-corrected chi connectivity index (χ0v) is 14.9. The molecule has 0 radical (unpaired) electrons. The molecule has 1 atom stereocenters. The van der Waals surface area contributed by atoms with Gasteiger partial charge in [0.25, 0.3) is 0 Å². The van der Waals surface area contributed by atoms with Gasteiger partial charge in [-0.2, -0.15) is 0 Å². The van der Waals surface area contributed by atoms with Gasteiger partial charge in [0.15, 0.2) is 0 Å². The Hall–Kier alpha value is -1.60. The van der Waals surface area contributed by atoms with Crippen LogP contribution in [-0.4, -0.2) is 24.5 Å². The van der Waals surface area contributed by atoms with Crippen LogP contribution in [0.1, 0.15) is 56.6 Å². The smallest absolute Gasteiger partial charge is 0.00893 e. The normalized spacial score (nSPS) is 12.7. The van der Waals surface area contributed by atoms with Gasteiger partial charge in [-0.1, -0.05) is 80.4 Å². The standard InChI is InChI=1S/C22H31N/c1-4-23(3)19(2)13-11-12-18-22(20-14-7-5-8-15-20)21-16-9-6-10-17-21/h5-10,14-17,19,22H,4,11-13,18H2,1-3H3. The summed E-state index contributed by atoms with van der Waals surface area (Å²) in [6.45, 7) is 5.71. The van der Waals surface area contributed by atoms with Crippen LogP contribution in [-0.2, 0) is 0 Å². The summed E-state index contributed by atoms with van der Waals surface area (Å²) in [5.41, 5.74) is 2.88. The zero-order chi connectivity index (χ0) is 16.5. The average Bonchev–Trinajstić information content (AvgIpc) is 2.62. The van der Waals surface area contributed by atoms with E-state index in [-0.39, 0.29) is 0 Å². The van der Waals surface area contributed by atoms with E-state index in [0.29, 0.717) is 12.0 Å². The monoisotopic (exact) mass is 309 g/mol. The molecule has 0 saturated heterocycles. The largest absolute Gasteiger partial charge is 0.304 e. The van der Waals surface area contributed by atoms with Crippen molar-refractivity contribution in [3.05, 3.63) is 71.8 Å². The van der Waals surface area contributed by atoms with Crippen molar-refractivity contribution in [2.24, 2.45) is 0 Å². The molecule has 0 amide bonds. The van der Waals surface area contributed by atoms with Crippen LogP contribution in [0.25, 0.3) is 0 Å². The Morgan fingerprint density at radius 2 is 1.26 bits per heavy atom. The van der Waals surface area contributed by atoms with Crippen LogP contribution in [0.4, 0.5) is 0 Å². The third-order valence-corrected chi connectivity index (χ3v) is 5.02. The van der Waals surface area contributed by atoms with Crippen LogP contribution in [0.15, 0.2) is 60.7 Å². The van der Waals surface area contributed by atoms with Gasteiger partial charge in [0.05, 0.1) is 0 Å². The van der Waals surface area contributed by atoms with Gasteiger partial charge < -0.3 is 4.90 Å². The molecule has 1 unspecified atom stereocenters. The van der Waals surface area contributed by atoms with E-state index in [1.807, 2.05) is 0 Å². The molecule has 23 heavy (non-hydrogen) atoms. The lowest BCUT2D eigenvalue weighted by molar-refractivity contribution is 0.253. The van der Waals surface area contributed by atoms with E-state index in [0.717, 1.165) is 6.54 Å². The molecule has 0 aliphatic carbocycles. The average molecular weight is 309 g/mol. The van der Waals surface area contributed by atoms with Gasteiger partial charge >= 0.3 is 0 Å². The quantitative estimate of drug-likeness (QED) is 0.535. The van der Waals surface area contributed by atoms with Crippen molar-refractivity contribution in [3.8, 4) is 0 Å². The predicted molar refractivity (Wildman–Crippen MR) is 101 cm³/mol. The van der Waals surface area contributed by atoms with E-state index in [2.05, 4.69) is 86.5 Å². The maximum Gasteiger partial charge on any atom is 0.00893 e. The highest BCUT2D eigenvalue weighted by Gasteiger charge is 2.14. The van der Waals surface area contributed by atoms with Crippen molar-refractivity contribution < 1.29 is 0 Å². The van der Waals surface area contributed by atoms with Gasteiger partial charge in [-0.05, 0) is 44.5 Å². The van der Waals surface area contributed by atoms with Crippen LogP contribution in [0.2, 0.25) is 0 Å². The molecular formula is C22H31N. The van der Waals surface area contributed by atoms with Gasteiger partial charge in [-0.3, -0.25) is 0 Å². The summed E-state index contributed by atoms with van der Waals surface area (Å²) in [5.74, 6) is 0.525. The summed E-state index contributed by atoms with van der Waals surface area (Å²) >= 11 is 0. The fraction of sp³-hybridized carbons (Fsp3) is 0.455. The molecule has 124 valence electrons. The fourth-order valence-corrected chi connectivity index (χ4v) is 3.22. The zero-order valence-electron chi connectivity index (χ0n) is 14.9. The van der Waals surface area contributed by atoms with Gasteiger partial charge in [0.2, 0.25) is 0 Å². The van der Waals surface area contributed by atoms with Crippen molar-refractivity contribution >= 4 is 0 Å². The Labute approximate surface area is 142 Å². The number of nitrogens with zero attached hydrogens (tertiary/aromatic N) is 1. The summed E-state index contributed by atoms with van der Waals surface area (Å²) in [7, 11) is 2.22. The molecule has 0 aliphatic heterocycles. The Morgan fingerprint density at radius 3 is 1.74 bits per heavy atom. The molecule has 0 aliphatic rings. The molecule has 0 spiro atoms. The first-order valence-electron chi connectivity index (χ1n) is 9.02. The van der Waals surface area contributed by atoms with Crippen molar-refractivity contribution in [2.75, 3.05) is 13.6 Å². The molecule has 1 heteroatoms. The molecule has 1 nitrogen and oxygen atoms in total. The van der Waals surface area contributed by atoms with Crippen LogP contribution in [0, 0.1) is 0 Å². The number of hydrogen-bond acceptors (Lipinski definition) is 1. The first kappa shape index (κ1) is 17.7. The van der Waals surface area contributed by atoms with E-state index in [1.165, 1.54) is 36.8 Å². The second kappa shape index (κ2) is 9.52. The lowest BCUT2D eigenvalue weighted by Crippen LogP contribution is -2.28. The number of rotatable bonds is 9. The lowest BCUT2D eigenvalue weighted by Gasteiger charge is -2.23. The molecule has 2 rings (SSSR count). The van der Waals surface area contributed by atoms with Gasteiger partial charge in [0.1, 0.15) is 0 Å². The van der Waals surface area contributed by atoms with E-state index in [1.54, 1.807) is 0 Å². The van der Waals surface area contributed by atoms with Gasteiger partial charge in [0, 0.05) is 12.0 Å². The van der Waals surface area contributed by atoms with Crippen molar-refractivity contribution in [1.29, 1.82) is 0 Å². The SMILES string of the molecule is CCN(C)C(C)CCCCC(c1ccccc1)c1ccccc1. The number of hydrogen-bond donors (Lipinski definition) is 0. The second-order valence-corrected chi connectivity index (χ2v) is 6.58. The third-order valence-electron chi connectivity index (χ3n) is 5.02. The molecule has 0 bridgehead atoms. The second-order valence-electron chi connectivity index (χ2n) is 6.58. The molecule has 2 aromatic rings. The summed E-state index contributed by atoms with van der Waals surface area (Å²) in [4.78, 5) is 2.44. The molecular weight excluding hydrogens is 278 g/mol. The third kappa shape index (κ3) is 5.51. The number of benzene rings is 2. The van der Waals surface area contributed by atoms with Crippen LogP contribution in [0.3, 0.4) is 0 Å². The first-order valence-corrected chi connectivity index (χ1v) is 9.02. The maximum absolute atomic E-state index is 2.44. The summed E-state index contributed by atoms with van der Waals surface area (Å²) < 4.78 is 0. The lowest BCUT2D eigenvalue weighted by atomic mass is 9.86. The Kier molecular flexibility index (Phi) is 7.35. The minimum Gasteiger partial charge on any atom is -0.304 e. The Bertz CT molecular complexity index is 495. The highest BCUT2D eigenvalue weighted by atomic mass is 15.1. The highest BCUT2D eigenvalue weighted by molar-refractivity contribution is 5.32. The highest BCUT2D eigenvalue weighted by Crippen LogP contribution is 2.30. The van der Waals surface area contributed by atoms with Gasteiger partial charge in [-0.25, -0.2) is 0 Å². The van der Waals surface area contributed by atoms with Gasteiger partial charge in [-0.15, -0.1) is 0 Å². The van der Waals surface area contributed by atoms with E-state index < -0.39 is 0 Å². The van der Waals surface area contributed by atoms with Crippen LogP contribution in [0.5, 0.6) is 0 Å². The Morgan fingerprint density at radius 1 is 0.783 bits per heavy atom. The molecule has 0 heterocycles. The molecule has 0 aromatic heterocycles. The first-order chi connectivity index (χ1) is 11.2. The summed E-state index contributed by atoms with van der Waals surface area (Å²) in [5, 5.41) is 0. The molecule has 0 N–H and O–H groups in total. The Balaban J connectivity index is 1.94. The van der Waals surface area contributed by atoms with Crippen LogP contribution >= 0.6 is 0 Å². The molecule has 0 fully saturated rings. The molecule has 2 aromatic carbocycles. The summed E-state index contributed by atoms with van der Waals surface area (Å²) in [6, 6.07) is 22.6. The van der Waals surface area contributed by atoms with E-state index in [9.17, 15) is 0 Å².